The van der Waals surface area contributed by atoms with E-state index in [1.165, 1.54) is 11.8 Å². The summed E-state index contributed by atoms with van der Waals surface area (Å²) in [7, 11) is -2.91. The first-order valence-electron chi connectivity index (χ1n) is 9.45. The summed E-state index contributed by atoms with van der Waals surface area (Å²) in [5, 5.41) is 6.76. The van der Waals surface area contributed by atoms with Gasteiger partial charge in [0, 0.05) is 45.0 Å². The van der Waals surface area contributed by atoms with E-state index in [0.717, 1.165) is 45.0 Å². The molecule has 1 aromatic carbocycles. The Morgan fingerprint density at radius 3 is 2.48 bits per heavy atom. The number of likely N-dealkylation sites (tertiary alicyclic amines) is 1. The normalized spacial score (nSPS) is 16.6. The minimum Gasteiger partial charge on any atom is -0.357 e. The van der Waals surface area contributed by atoms with Crippen molar-refractivity contribution in [2.45, 2.75) is 38.8 Å². The lowest BCUT2D eigenvalue weighted by Gasteiger charge is -2.33. The average molecular weight is 508 g/mol. The highest BCUT2D eigenvalue weighted by molar-refractivity contribution is 14.0. The molecule has 0 saturated carbocycles. The molecule has 1 fully saturated rings. The van der Waals surface area contributed by atoms with Crippen LogP contribution in [0.5, 0.6) is 0 Å². The van der Waals surface area contributed by atoms with Crippen LogP contribution in [0.3, 0.4) is 0 Å². The van der Waals surface area contributed by atoms with Gasteiger partial charge in [0.2, 0.25) is 0 Å². The number of hydrogen-bond acceptors (Lipinski definition) is 4. The van der Waals surface area contributed by atoms with Crippen molar-refractivity contribution in [1.29, 1.82) is 0 Å². The molecule has 1 aliphatic rings. The first-order valence-corrected chi connectivity index (χ1v) is 11.5. The largest absolute Gasteiger partial charge is 0.357 e. The predicted molar refractivity (Wildman–Crippen MR) is 124 cm³/mol. The standard InChI is InChI=1S/C19H32N4O2S.HI/c1-3-20-19(21-12-7-15-26(2,24)25)22-18-10-13-23(14-11-18)16-17-8-5-4-6-9-17;/h4-6,8-9,18H,3,7,10-16H2,1-2H3,(H2,20,21,22);1H. The summed E-state index contributed by atoms with van der Waals surface area (Å²) in [5.41, 5.74) is 1.36. The Morgan fingerprint density at radius 2 is 1.89 bits per heavy atom. The molecule has 1 saturated heterocycles. The van der Waals surface area contributed by atoms with E-state index in [9.17, 15) is 8.42 Å². The Bertz CT molecular complexity index is 660. The van der Waals surface area contributed by atoms with Crippen molar-refractivity contribution in [3.05, 3.63) is 35.9 Å². The number of piperidine rings is 1. The van der Waals surface area contributed by atoms with Crippen LogP contribution in [0.15, 0.2) is 35.3 Å². The summed E-state index contributed by atoms with van der Waals surface area (Å²) in [5.74, 6) is 0.982. The van der Waals surface area contributed by atoms with Gasteiger partial charge >= 0.3 is 0 Å². The van der Waals surface area contributed by atoms with Crippen LogP contribution in [0.2, 0.25) is 0 Å². The van der Waals surface area contributed by atoms with Gasteiger partial charge in [-0.1, -0.05) is 30.3 Å². The molecule has 2 N–H and O–H groups in total. The van der Waals surface area contributed by atoms with Crippen molar-refractivity contribution in [2.24, 2.45) is 4.99 Å². The number of aliphatic imine (C=N–C) groups is 1. The van der Waals surface area contributed by atoms with E-state index >= 15 is 0 Å². The zero-order valence-electron chi connectivity index (χ0n) is 16.4. The molecule has 6 nitrogen and oxygen atoms in total. The molecule has 0 unspecified atom stereocenters. The van der Waals surface area contributed by atoms with Crippen molar-refractivity contribution in [2.75, 3.05) is 38.2 Å². The third-order valence-corrected chi connectivity index (χ3v) is 5.50. The molecule has 1 aliphatic heterocycles. The zero-order valence-corrected chi connectivity index (χ0v) is 19.5. The van der Waals surface area contributed by atoms with Crippen LogP contribution in [0, 0.1) is 0 Å². The third kappa shape index (κ3) is 10.3. The molecule has 0 amide bonds. The fourth-order valence-corrected chi connectivity index (χ4v) is 3.76. The molecular formula is C19H33IN4O2S. The van der Waals surface area contributed by atoms with Crippen molar-refractivity contribution in [1.82, 2.24) is 15.5 Å². The maximum Gasteiger partial charge on any atom is 0.191 e. The summed E-state index contributed by atoms with van der Waals surface area (Å²) in [6, 6.07) is 11.0. The lowest BCUT2D eigenvalue weighted by molar-refractivity contribution is 0.198. The van der Waals surface area contributed by atoms with Crippen LogP contribution in [-0.4, -0.2) is 63.5 Å². The minimum absolute atomic E-state index is 0. The van der Waals surface area contributed by atoms with Gasteiger partial charge in [0.05, 0.1) is 5.75 Å². The van der Waals surface area contributed by atoms with Gasteiger partial charge < -0.3 is 10.6 Å². The molecule has 0 spiro atoms. The topological polar surface area (TPSA) is 73.8 Å². The minimum atomic E-state index is -2.91. The molecule has 0 atom stereocenters. The Balaban J connectivity index is 0.00000364. The van der Waals surface area contributed by atoms with E-state index in [1.54, 1.807) is 0 Å². The number of nitrogens with one attached hydrogen (secondary N) is 2. The van der Waals surface area contributed by atoms with Gasteiger partial charge in [0.25, 0.3) is 0 Å². The number of benzene rings is 1. The van der Waals surface area contributed by atoms with E-state index < -0.39 is 9.84 Å². The SMILES string of the molecule is CCNC(=NCCCS(C)(=O)=O)NC1CCN(Cc2ccccc2)CC1.I. The maximum atomic E-state index is 11.2. The van der Waals surface area contributed by atoms with Crippen molar-refractivity contribution < 1.29 is 8.42 Å². The van der Waals surface area contributed by atoms with E-state index in [-0.39, 0.29) is 29.7 Å². The molecule has 154 valence electrons. The van der Waals surface area contributed by atoms with E-state index in [0.29, 0.717) is 19.0 Å². The lowest BCUT2D eigenvalue weighted by Crippen LogP contribution is -2.48. The van der Waals surface area contributed by atoms with Gasteiger partial charge in [-0.05, 0) is 31.7 Å². The van der Waals surface area contributed by atoms with Crippen LogP contribution >= 0.6 is 24.0 Å². The molecule has 1 heterocycles. The highest BCUT2D eigenvalue weighted by Gasteiger charge is 2.20. The molecular weight excluding hydrogens is 475 g/mol. The van der Waals surface area contributed by atoms with Gasteiger partial charge in [-0.15, -0.1) is 24.0 Å². The Labute approximate surface area is 181 Å². The molecule has 0 radical (unpaired) electrons. The molecule has 0 bridgehead atoms. The van der Waals surface area contributed by atoms with Gasteiger partial charge in [-0.25, -0.2) is 8.42 Å². The maximum absolute atomic E-state index is 11.2. The number of halogens is 1. The number of rotatable bonds is 8. The summed E-state index contributed by atoms with van der Waals surface area (Å²) in [4.78, 5) is 7.00. The van der Waals surface area contributed by atoms with Gasteiger partial charge in [0.1, 0.15) is 9.84 Å². The van der Waals surface area contributed by atoms with Crippen LogP contribution in [-0.2, 0) is 16.4 Å². The van der Waals surface area contributed by atoms with E-state index in [2.05, 4.69) is 50.9 Å². The first-order chi connectivity index (χ1) is 12.5. The summed E-state index contributed by atoms with van der Waals surface area (Å²) < 4.78 is 22.4. The fraction of sp³-hybridized carbons (Fsp3) is 0.632. The molecule has 1 aromatic rings. The van der Waals surface area contributed by atoms with Crippen LogP contribution in [0.4, 0.5) is 0 Å². The van der Waals surface area contributed by atoms with Crippen LogP contribution in [0.25, 0.3) is 0 Å². The second-order valence-electron chi connectivity index (χ2n) is 6.92. The molecule has 2 rings (SSSR count). The Morgan fingerprint density at radius 1 is 1.22 bits per heavy atom. The fourth-order valence-electron chi connectivity index (χ4n) is 3.11. The molecule has 8 heteroatoms. The van der Waals surface area contributed by atoms with Gasteiger partial charge in [-0.3, -0.25) is 9.89 Å². The number of guanidine groups is 1. The third-order valence-electron chi connectivity index (χ3n) is 4.46. The quantitative estimate of drug-likeness (QED) is 0.244. The number of nitrogens with zero attached hydrogens (tertiary/aromatic N) is 2. The van der Waals surface area contributed by atoms with Gasteiger partial charge in [0.15, 0.2) is 5.96 Å². The summed E-state index contributed by atoms with van der Waals surface area (Å²) in [6.07, 6.45) is 4.00. The van der Waals surface area contributed by atoms with Crippen molar-refractivity contribution in [3.8, 4) is 0 Å². The zero-order chi connectivity index (χ0) is 18.8. The highest BCUT2D eigenvalue weighted by Crippen LogP contribution is 2.13. The van der Waals surface area contributed by atoms with E-state index in [1.807, 2.05) is 6.92 Å². The number of hydrogen-bond donors (Lipinski definition) is 2. The van der Waals surface area contributed by atoms with Crippen molar-refractivity contribution in [3.63, 3.8) is 0 Å². The second-order valence-corrected chi connectivity index (χ2v) is 9.18. The molecule has 0 aliphatic carbocycles. The summed E-state index contributed by atoms with van der Waals surface area (Å²) in [6.45, 7) is 6.50. The monoisotopic (exact) mass is 508 g/mol. The highest BCUT2D eigenvalue weighted by atomic mass is 127. The summed E-state index contributed by atoms with van der Waals surface area (Å²) >= 11 is 0. The van der Waals surface area contributed by atoms with E-state index in [4.69, 9.17) is 0 Å². The van der Waals surface area contributed by atoms with Gasteiger partial charge in [-0.2, -0.15) is 0 Å². The lowest BCUT2D eigenvalue weighted by atomic mass is 10.0. The Kier molecular flexibility index (Phi) is 11.2. The molecule has 27 heavy (non-hydrogen) atoms. The predicted octanol–water partition coefficient (Wildman–Crippen LogP) is 2.26. The van der Waals surface area contributed by atoms with Crippen LogP contribution in [0.1, 0.15) is 31.7 Å². The van der Waals surface area contributed by atoms with Crippen LogP contribution < -0.4 is 10.6 Å². The smallest absolute Gasteiger partial charge is 0.191 e. The average Bonchev–Trinajstić information content (AvgIpc) is 2.60. The second kappa shape index (κ2) is 12.6. The molecule has 0 aromatic heterocycles. The van der Waals surface area contributed by atoms with Crippen molar-refractivity contribution >= 4 is 39.8 Å². The Hall–Kier alpha value is -0.870. The first kappa shape index (κ1) is 24.2. The number of sulfone groups is 1.